The lowest BCUT2D eigenvalue weighted by molar-refractivity contribution is -0.147. The van der Waals surface area contributed by atoms with E-state index in [1.54, 1.807) is 38.1 Å². The second kappa shape index (κ2) is 8.32. The summed E-state index contributed by atoms with van der Waals surface area (Å²) in [5.74, 6) is -1.82. The first-order valence-electron chi connectivity index (χ1n) is 9.20. The van der Waals surface area contributed by atoms with Gasteiger partial charge in [0, 0.05) is 5.69 Å². The minimum atomic E-state index is -1.12. The van der Waals surface area contributed by atoms with Crippen LogP contribution < -0.4 is 5.56 Å². The summed E-state index contributed by atoms with van der Waals surface area (Å²) < 4.78 is 11.1. The molecule has 0 amide bonds. The normalized spacial score (nSPS) is 11.9. The molecule has 1 N–H and O–H groups in total. The van der Waals surface area contributed by atoms with Gasteiger partial charge in [0.05, 0.1) is 35.6 Å². The van der Waals surface area contributed by atoms with Crippen LogP contribution in [0.2, 0.25) is 0 Å². The van der Waals surface area contributed by atoms with Gasteiger partial charge >= 0.3 is 11.9 Å². The van der Waals surface area contributed by atoms with Crippen molar-refractivity contribution in [3.8, 4) is 0 Å². The van der Waals surface area contributed by atoms with Crippen LogP contribution in [-0.2, 0) is 20.8 Å². The first kappa shape index (κ1) is 21.0. The third kappa shape index (κ3) is 3.86. The second-order valence-corrected chi connectivity index (χ2v) is 6.81. The first-order chi connectivity index (χ1) is 14.2. The SMILES string of the molecule is COC(=O)c1c(C)[nH]c(C(=O)[C@H](C)OC(=O)Cn2cnc3ccccc3c2=O)c1C. The van der Waals surface area contributed by atoms with E-state index in [1.165, 1.54) is 20.4 Å². The van der Waals surface area contributed by atoms with Gasteiger partial charge in [-0.3, -0.25) is 19.0 Å². The van der Waals surface area contributed by atoms with Gasteiger partial charge in [-0.25, -0.2) is 9.78 Å². The first-order valence-corrected chi connectivity index (χ1v) is 9.20. The summed E-state index contributed by atoms with van der Waals surface area (Å²) in [6.07, 6.45) is 0.142. The number of carbonyl (C=O) groups is 3. The molecule has 9 nitrogen and oxygen atoms in total. The van der Waals surface area contributed by atoms with E-state index >= 15 is 0 Å². The Bertz CT molecular complexity index is 1210. The summed E-state index contributed by atoms with van der Waals surface area (Å²) in [4.78, 5) is 56.4. The minimum absolute atomic E-state index is 0.165. The lowest BCUT2D eigenvalue weighted by Crippen LogP contribution is -2.30. The maximum absolute atomic E-state index is 12.7. The number of carbonyl (C=O) groups excluding carboxylic acids is 3. The molecule has 0 spiro atoms. The van der Waals surface area contributed by atoms with Gasteiger partial charge in [-0.15, -0.1) is 0 Å². The number of hydrogen-bond acceptors (Lipinski definition) is 7. The van der Waals surface area contributed by atoms with Gasteiger partial charge < -0.3 is 14.5 Å². The summed E-state index contributed by atoms with van der Waals surface area (Å²) in [6, 6.07) is 6.78. The molecule has 0 saturated carbocycles. The molecule has 2 heterocycles. The minimum Gasteiger partial charge on any atom is -0.465 e. The van der Waals surface area contributed by atoms with E-state index in [4.69, 9.17) is 9.47 Å². The van der Waals surface area contributed by atoms with Crippen LogP contribution in [0.1, 0.15) is 39.0 Å². The monoisotopic (exact) mass is 411 g/mol. The Morgan fingerprint density at radius 3 is 2.60 bits per heavy atom. The third-order valence-electron chi connectivity index (χ3n) is 4.78. The van der Waals surface area contributed by atoms with Crippen molar-refractivity contribution < 1.29 is 23.9 Å². The smallest absolute Gasteiger partial charge is 0.339 e. The van der Waals surface area contributed by atoms with E-state index in [-0.39, 0.29) is 23.4 Å². The summed E-state index contributed by atoms with van der Waals surface area (Å²) in [5.41, 5.74) is 1.48. The standard InChI is InChI=1S/C21H21N3O6/c1-11-17(21(28)29-4)12(2)23-18(11)19(26)13(3)30-16(25)9-24-10-22-15-8-6-5-7-14(15)20(24)27/h5-8,10,13,23H,9H2,1-4H3/t13-/m0/s1. The van der Waals surface area contributed by atoms with Gasteiger partial charge in [-0.05, 0) is 38.5 Å². The fourth-order valence-corrected chi connectivity index (χ4v) is 3.25. The van der Waals surface area contributed by atoms with Crippen LogP contribution in [0.4, 0.5) is 0 Å². The number of nitrogens with zero attached hydrogens (tertiary/aromatic N) is 2. The Kier molecular flexibility index (Phi) is 5.81. The van der Waals surface area contributed by atoms with Crippen LogP contribution in [0, 0.1) is 13.8 Å². The quantitative estimate of drug-likeness (QED) is 0.486. The Balaban J connectivity index is 1.75. The predicted octanol–water partition coefficient (Wildman–Crippen LogP) is 1.94. The summed E-state index contributed by atoms with van der Waals surface area (Å²) >= 11 is 0. The molecule has 3 aromatic rings. The Hall–Kier alpha value is -3.75. The highest BCUT2D eigenvalue weighted by Crippen LogP contribution is 2.20. The number of aromatic nitrogens is 3. The maximum atomic E-state index is 12.7. The summed E-state index contributed by atoms with van der Waals surface area (Å²) in [7, 11) is 1.25. The van der Waals surface area contributed by atoms with Gasteiger partial charge in [0.2, 0.25) is 5.78 Å². The molecule has 2 aromatic heterocycles. The van der Waals surface area contributed by atoms with Crippen molar-refractivity contribution in [2.24, 2.45) is 0 Å². The second-order valence-electron chi connectivity index (χ2n) is 6.81. The number of methoxy groups -OCH3 is 1. The molecule has 156 valence electrons. The average Bonchev–Trinajstić information content (AvgIpc) is 3.03. The highest BCUT2D eigenvalue weighted by atomic mass is 16.5. The zero-order valence-electron chi connectivity index (χ0n) is 17.0. The number of aromatic amines is 1. The molecular formula is C21H21N3O6. The molecule has 0 bridgehead atoms. The van der Waals surface area contributed by atoms with E-state index < -0.39 is 23.8 Å². The van der Waals surface area contributed by atoms with Crippen molar-refractivity contribution >= 4 is 28.6 Å². The molecule has 1 aromatic carbocycles. The number of benzene rings is 1. The average molecular weight is 411 g/mol. The molecule has 0 radical (unpaired) electrons. The maximum Gasteiger partial charge on any atom is 0.339 e. The van der Waals surface area contributed by atoms with E-state index in [0.717, 1.165) is 4.57 Å². The lowest BCUT2D eigenvalue weighted by Gasteiger charge is -2.13. The number of Topliss-reactive ketones (excluding diaryl/α,β-unsaturated/α-hetero) is 1. The van der Waals surface area contributed by atoms with Crippen molar-refractivity contribution in [1.82, 2.24) is 14.5 Å². The molecule has 0 fully saturated rings. The number of ketones is 1. The van der Waals surface area contributed by atoms with E-state index in [9.17, 15) is 19.2 Å². The molecule has 3 rings (SSSR count). The summed E-state index contributed by atoms with van der Waals surface area (Å²) in [6.45, 7) is 4.29. The molecule has 30 heavy (non-hydrogen) atoms. The van der Waals surface area contributed by atoms with Crippen LogP contribution >= 0.6 is 0 Å². The van der Waals surface area contributed by atoms with Crippen molar-refractivity contribution in [3.63, 3.8) is 0 Å². The van der Waals surface area contributed by atoms with Crippen LogP contribution in [0.5, 0.6) is 0 Å². The molecule has 0 aliphatic carbocycles. The van der Waals surface area contributed by atoms with Crippen molar-refractivity contribution in [2.45, 2.75) is 33.4 Å². The number of ether oxygens (including phenoxy) is 2. The lowest BCUT2D eigenvalue weighted by atomic mass is 10.1. The summed E-state index contributed by atoms with van der Waals surface area (Å²) in [5, 5.41) is 0.379. The Morgan fingerprint density at radius 1 is 1.20 bits per heavy atom. The molecular weight excluding hydrogens is 390 g/mol. The van der Waals surface area contributed by atoms with Gasteiger partial charge in [0.1, 0.15) is 6.54 Å². The fraction of sp³-hybridized carbons (Fsp3) is 0.286. The number of fused-ring (bicyclic) bond motifs is 1. The van der Waals surface area contributed by atoms with Gasteiger partial charge in [0.15, 0.2) is 6.10 Å². The number of H-pyrrole nitrogens is 1. The van der Waals surface area contributed by atoms with E-state index in [2.05, 4.69) is 9.97 Å². The topological polar surface area (TPSA) is 120 Å². The van der Waals surface area contributed by atoms with Crippen molar-refractivity contribution in [1.29, 1.82) is 0 Å². The largest absolute Gasteiger partial charge is 0.465 e. The zero-order valence-corrected chi connectivity index (χ0v) is 17.0. The predicted molar refractivity (Wildman–Crippen MR) is 107 cm³/mol. The molecule has 0 aliphatic rings. The zero-order chi connectivity index (χ0) is 22.0. The van der Waals surface area contributed by atoms with Crippen molar-refractivity contribution in [3.05, 3.63) is 63.5 Å². The van der Waals surface area contributed by atoms with E-state index in [1.807, 2.05) is 0 Å². The van der Waals surface area contributed by atoms with Gasteiger partial charge in [-0.1, -0.05) is 12.1 Å². The van der Waals surface area contributed by atoms with Crippen LogP contribution in [0.25, 0.3) is 10.9 Å². The van der Waals surface area contributed by atoms with Crippen LogP contribution in [0.15, 0.2) is 35.4 Å². The highest BCUT2D eigenvalue weighted by Gasteiger charge is 2.27. The number of rotatable bonds is 6. The van der Waals surface area contributed by atoms with Gasteiger partial charge in [0.25, 0.3) is 5.56 Å². The Morgan fingerprint density at radius 2 is 1.90 bits per heavy atom. The molecule has 0 aliphatic heterocycles. The highest BCUT2D eigenvalue weighted by molar-refractivity contribution is 6.03. The fourth-order valence-electron chi connectivity index (χ4n) is 3.25. The number of para-hydroxylation sites is 1. The number of hydrogen-bond donors (Lipinski definition) is 1. The molecule has 0 saturated heterocycles. The number of nitrogens with one attached hydrogen (secondary N) is 1. The van der Waals surface area contributed by atoms with Gasteiger partial charge in [-0.2, -0.15) is 0 Å². The van der Waals surface area contributed by atoms with Crippen LogP contribution in [-0.4, -0.2) is 45.5 Å². The molecule has 1 atom stereocenters. The van der Waals surface area contributed by atoms with Crippen LogP contribution in [0.3, 0.4) is 0 Å². The third-order valence-corrected chi connectivity index (χ3v) is 4.78. The number of aryl methyl sites for hydroxylation is 1. The molecule has 0 unspecified atom stereocenters. The Labute approximate surface area is 171 Å². The molecule has 9 heteroatoms. The van der Waals surface area contributed by atoms with E-state index in [0.29, 0.717) is 22.2 Å². The number of esters is 2. The van der Waals surface area contributed by atoms with Crippen molar-refractivity contribution in [2.75, 3.05) is 7.11 Å².